The Labute approximate surface area is 148 Å². The van der Waals surface area contributed by atoms with Gasteiger partial charge < -0.3 is 10.1 Å². The van der Waals surface area contributed by atoms with Crippen molar-refractivity contribution in [2.45, 2.75) is 25.2 Å². The summed E-state index contributed by atoms with van der Waals surface area (Å²) in [5, 5.41) is 2.86. The van der Waals surface area contributed by atoms with Gasteiger partial charge in [-0.25, -0.2) is 13.2 Å². The maximum atomic E-state index is 12.8. The van der Waals surface area contributed by atoms with Crippen molar-refractivity contribution < 1.29 is 17.9 Å². The number of carbonyl (C=O) groups is 1. The molecule has 0 fully saturated rings. The van der Waals surface area contributed by atoms with Crippen LogP contribution >= 0.6 is 0 Å². The van der Waals surface area contributed by atoms with Crippen molar-refractivity contribution in [2.24, 2.45) is 0 Å². The van der Waals surface area contributed by atoms with E-state index < -0.39 is 20.7 Å². The summed E-state index contributed by atoms with van der Waals surface area (Å²) < 4.78 is 30.2. The summed E-state index contributed by atoms with van der Waals surface area (Å²) in [6.07, 6.45) is 2.08. The number of ether oxygens (including phenoxy) is 1. The second-order valence-electron chi connectivity index (χ2n) is 5.51. The summed E-state index contributed by atoms with van der Waals surface area (Å²) in [5.74, 6) is -0.918. The van der Waals surface area contributed by atoms with E-state index in [0.717, 1.165) is 24.7 Å². The van der Waals surface area contributed by atoms with Gasteiger partial charge in [0.2, 0.25) is 9.84 Å². The molecule has 5 nitrogen and oxygen atoms in total. The molecule has 0 amide bonds. The van der Waals surface area contributed by atoms with Gasteiger partial charge in [0.1, 0.15) is 0 Å². The first-order chi connectivity index (χ1) is 11.9. The first-order valence-electron chi connectivity index (χ1n) is 7.84. The molecule has 0 atom stereocenters. The molecule has 25 heavy (non-hydrogen) atoms. The molecule has 0 unspecified atom stereocenters. The Morgan fingerprint density at radius 1 is 1.08 bits per heavy atom. The van der Waals surface area contributed by atoms with Crippen molar-refractivity contribution in [2.75, 3.05) is 12.4 Å². The van der Waals surface area contributed by atoms with Crippen LogP contribution in [0, 0.1) is 6.92 Å². The van der Waals surface area contributed by atoms with Crippen LogP contribution < -0.4 is 5.32 Å². The van der Waals surface area contributed by atoms with E-state index in [1.165, 1.54) is 18.3 Å². The number of nitrogens with one attached hydrogen (secondary N) is 1. The third-order valence-corrected chi connectivity index (χ3v) is 5.50. The Morgan fingerprint density at radius 3 is 2.20 bits per heavy atom. The van der Waals surface area contributed by atoms with Gasteiger partial charge in [-0.05, 0) is 43.2 Å². The van der Waals surface area contributed by atoms with Crippen molar-refractivity contribution in [3.05, 3.63) is 70.8 Å². The van der Waals surface area contributed by atoms with E-state index >= 15 is 0 Å². The summed E-state index contributed by atoms with van der Waals surface area (Å²) in [4.78, 5) is 11.6. The Morgan fingerprint density at radius 2 is 1.68 bits per heavy atom. The third kappa shape index (κ3) is 4.48. The van der Waals surface area contributed by atoms with Crippen LogP contribution in [-0.4, -0.2) is 21.5 Å². The second kappa shape index (κ2) is 7.98. The molecule has 0 aliphatic carbocycles. The van der Waals surface area contributed by atoms with Crippen molar-refractivity contribution >= 4 is 21.5 Å². The first-order valence-corrected chi connectivity index (χ1v) is 9.32. The average molecular weight is 359 g/mol. The number of sulfone groups is 1. The minimum Gasteiger partial charge on any atom is -0.465 e. The first kappa shape index (κ1) is 18.7. The summed E-state index contributed by atoms with van der Waals surface area (Å²) in [5.41, 5.74) is 2.77. The van der Waals surface area contributed by atoms with E-state index in [1.807, 2.05) is 38.1 Å². The van der Waals surface area contributed by atoms with Crippen LogP contribution in [0.25, 0.3) is 0 Å². The zero-order valence-electron chi connectivity index (χ0n) is 14.4. The maximum absolute atomic E-state index is 12.8. The normalized spacial score (nSPS) is 11.9. The highest BCUT2D eigenvalue weighted by Gasteiger charge is 2.28. The highest BCUT2D eigenvalue weighted by atomic mass is 32.2. The molecule has 0 bridgehead atoms. The highest BCUT2D eigenvalue weighted by Crippen LogP contribution is 2.21. The SMILES string of the molecule is CCc1ccc(N/C=C(/C(=O)OC)S(=O)(=O)c2ccc(C)cc2)cc1. The lowest BCUT2D eigenvalue weighted by Crippen LogP contribution is -2.17. The van der Waals surface area contributed by atoms with Gasteiger partial charge >= 0.3 is 5.97 Å². The number of anilines is 1. The number of aryl methyl sites for hydroxylation is 2. The summed E-state index contributed by atoms with van der Waals surface area (Å²) >= 11 is 0. The lowest BCUT2D eigenvalue weighted by molar-refractivity contribution is -0.135. The van der Waals surface area contributed by atoms with Gasteiger partial charge in [-0.2, -0.15) is 0 Å². The average Bonchev–Trinajstić information content (AvgIpc) is 2.62. The molecule has 132 valence electrons. The fourth-order valence-corrected chi connectivity index (χ4v) is 3.44. The van der Waals surface area contributed by atoms with Gasteiger partial charge in [0, 0.05) is 11.9 Å². The van der Waals surface area contributed by atoms with E-state index in [-0.39, 0.29) is 4.90 Å². The van der Waals surface area contributed by atoms with Gasteiger partial charge in [-0.15, -0.1) is 0 Å². The fourth-order valence-electron chi connectivity index (χ4n) is 2.18. The van der Waals surface area contributed by atoms with Gasteiger partial charge in [-0.1, -0.05) is 36.8 Å². The molecule has 0 saturated carbocycles. The molecule has 0 saturated heterocycles. The molecule has 0 aliphatic heterocycles. The quantitative estimate of drug-likeness (QED) is 0.632. The van der Waals surface area contributed by atoms with E-state index in [0.29, 0.717) is 5.69 Å². The number of benzene rings is 2. The van der Waals surface area contributed by atoms with Crippen molar-refractivity contribution in [1.82, 2.24) is 0 Å². The maximum Gasteiger partial charge on any atom is 0.351 e. The molecule has 2 aromatic rings. The van der Waals surface area contributed by atoms with E-state index in [1.54, 1.807) is 12.1 Å². The fraction of sp³-hybridized carbons (Fsp3) is 0.211. The predicted molar refractivity (Wildman–Crippen MR) is 97.9 cm³/mol. The Kier molecular flexibility index (Phi) is 5.98. The smallest absolute Gasteiger partial charge is 0.351 e. The van der Waals surface area contributed by atoms with Crippen molar-refractivity contribution in [3.8, 4) is 0 Å². The van der Waals surface area contributed by atoms with Gasteiger partial charge in [0.25, 0.3) is 0 Å². The number of carbonyl (C=O) groups excluding carboxylic acids is 1. The van der Waals surface area contributed by atoms with Crippen LogP contribution in [0.1, 0.15) is 18.1 Å². The molecular formula is C19H21NO4S. The Hall–Kier alpha value is -2.60. The van der Waals surface area contributed by atoms with Crippen LogP contribution in [0.3, 0.4) is 0 Å². The van der Waals surface area contributed by atoms with Gasteiger partial charge in [0.15, 0.2) is 4.91 Å². The minimum absolute atomic E-state index is 0.0397. The van der Waals surface area contributed by atoms with Crippen LogP contribution in [-0.2, 0) is 25.8 Å². The Bertz CT molecular complexity index is 867. The second-order valence-corrected chi connectivity index (χ2v) is 7.43. The molecular weight excluding hydrogens is 338 g/mol. The van der Waals surface area contributed by atoms with Crippen LogP contribution in [0.15, 0.2) is 64.5 Å². The molecule has 0 aromatic heterocycles. The topological polar surface area (TPSA) is 72.5 Å². The molecule has 2 aromatic carbocycles. The molecule has 0 radical (unpaired) electrons. The van der Waals surface area contributed by atoms with Crippen molar-refractivity contribution in [3.63, 3.8) is 0 Å². The summed E-state index contributed by atoms with van der Waals surface area (Å²) in [6, 6.07) is 13.8. The van der Waals surface area contributed by atoms with Gasteiger partial charge in [0.05, 0.1) is 12.0 Å². The molecule has 6 heteroatoms. The van der Waals surface area contributed by atoms with Crippen LogP contribution in [0.4, 0.5) is 5.69 Å². The van der Waals surface area contributed by atoms with Crippen molar-refractivity contribution in [1.29, 1.82) is 0 Å². The zero-order valence-corrected chi connectivity index (χ0v) is 15.3. The summed E-state index contributed by atoms with van der Waals surface area (Å²) in [7, 11) is -2.84. The zero-order chi connectivity index (χ0) is 18.4. The van der Waals surface area contributed by atoms with Gasteiger partial charge in [-0.3, -0.25) is 0 Å². The van der Waals surface area contributed by atoms with E-state index in [2.05, 4.69) is 10.1 Å². The number of esters is 1. The number of rotatable bonds is 6. The van der Waals surface area contributed by atoms with Crippen LogP contribution in [0.5, 0.6) is 0 Å². The molecule has 1 N–H and O–H groups in total. The number of hydrogen-bond acceptors (Lipinski definition) is 5. The monoisotopic (exact) mass is 359 g/mol. The number of methoxy groups -OCH3 is 1. The highest BCUT2D eigenvalue weighted by molar-refractivity contribution is 7.96. The minimum atomic E-state index is -3.99. The summed E-state index contributed by atoms with van der Waals surface area (Å²) in [6.45, 7) is 3.90. The van der Waals surface area contributed by atoms with Crippen LogP contribution in [0.2, 0.25) is 0 Å². The van der Waals surface area contributed by atoms with E-state index in [4.69, 9.17) is 0 Å². The van der Waals surface area contributed by atoms with E-state index in [9.17, 15) is 13.2 Å². The molecule has 0 aliphatic rings. The number of hydrogen-bond donors (Lipinski definition) is 1. The largest absolute Gasteiger partial charge is 0.465 e. The lowest BCUT2D eigenvalue weighted by Gasteiger charge is -2.09. The standard InChI is InChI=1S/C19H21NO4S/c1-4-15-7-9-16(10-8-15)20-13-18(19(21)24-3)25(22,23)17-11-5-14(2)6-12-17/h5-13,20H,4H2,1-3H3/b18-13-. The molecule has 0 heterocycles. The molecule has 0 spiro atoms. The predicted octanol–water partition coefficient (Wildman–Crippen LogP) is 3.46. The Balaban J connectivity index is 2.37. The molecule has 2 rings (SSSR count). The third-order valence-electron chi connectivity index (χ3n) is 3.74. The lowest BCUT2D eigenvalue weighted by atomic mass is 10.1.